The van der Waals surface area contributed by atoms with Gasteiger partial charge in [-0.3, -0.25) is 4.79 Å². The number of hydrogen-bond acceptors (Lipinski definition) is 6. The molecule has 2 fully saturated rings. The van der Waals surface area contributed by atoms with Crippen LogP contribution in [-0.2, 0) is 11.2 Å². The number of nitrogens with one attached hydrogen (secondary N) is 2. The van der Waals surface area contributed by atoms with Crippen molar-refractivity contribution in [1.82, 2.24) is 20.6 Å². The minimum absolute atomic E-state index is 0.101. The van der Waals surface area contributed by atoms with Gasteiger partial charge in [0.2, 0.25) is 5.91 Å². The third kappa shape index (κ3) is 2.48. The number of thiophene rings is 1. The van der Waals surface area contributed by atoms with Crippen LogP contribution in [0.5, 0.6) is 0 Å². The lowest BCUT2D eigenvalue weighted by molar-refractivity contribution is -0.122. The molecule has 2 aliphatic heterocycles. The van der Waals surface area contributed by atoms with Gasteiger partial charge in [-0.05, 0) is 17.9 Å². The first-order chi connectivity index (χ1) is 11.1. The zero-order valence-corrected chi connectivity index (χ0v) is 14.3. The second-order valence-corrected chi connectivity index (χ2v) is 7.38. The summed E-state index contributed by atoms with van der Waals surface area (Å²) in [6.45, 7) is 7.38. The largest absolute Gasteiger partial charge is 0.355 e. The molecular formula is C16H21N5OS. The molecule has 0 unspecified atom stereocenters. The van der Waals surface area contributed by atoms with Crippen molar-refractivity contribution in [3.63, 3.8) is 0 Å². The molecule has 23 heavy (non-hydrogen) atoms. The summed E-state index contributed by atoms with van der Waals surface area (Å²) in [4.78, 5) is 23.6. The predicted octanol–water partition coefficient (Wildman–Crippen LogP) is 1.23. The van der Waals surface area contributed by atoms with Crippen LogP contribution in [0, 0.1) is 6.92 Å². The summed E-state index contributed by atoms with van der Waals surface area (Å²) in [5, 5.41) is 8.62. The summed E-state index contributed by atoms with van der Waals surface area (Å²) < 4.78 is 1.16. The Morgan fingerprint density at radius 1 is 1.35 bits per heavy atom. The van der Waals surface area contributed by atoms with Crippen molar-refractivity contribution in [2.45, 2.75) is 32.2 Å². The molecule has 0 radical (unpaired) electrons. The molecule has 1 amide bonds. The lowest BCUT2D eigenvalue weighted by Crippen LogP contribution is -2.70. The Balaban J connectivity index is 1.65. The molecule has 122 valence electrons. The molecule has 2 aliphatic rings. The smallest absolute Gasteiger partial charge is 0.222 e. The van der Waals surface area contributed by atoms with Crippen LogP contribution in [-0.4, -0.2) is 47.6 Å². The molecule has 4 heterocycles. The number of fused-ring (bicyclic) bond motifs is 1. The van der Waals surface area contributed by atoms with Gasteiger partial charge in [-0.1, -0.05) is 6.92 Å². The summed E-state index contributed by atoms with van der Waals surface area (Å²) >= 11 is 1.71. The summed E-state index contributed by atoms with van der Waals surface area (Å²) in [5.41, 5.74) is 2.19. The number of nitrogens with zero attached hydrogens (tertiary/aromatic N) is 3. The lowest BCUT2D eigenvalue weighted by atomic mass is 9.86. The summed E-state index contributed by atoms with van der Waals surface area (Å²) in [6.07, 6.45) is 1.37. The van der Waals surface area contributed by atoms with E-state index in [4.69, 9.17) is 4.98 Å². The third-order valence-corrected chi connectivity index (χ3v) is 5.75. The van der Waals surface area contributed by atoms with Crippen molar-refractivity contribution in [3.05, 3.63) is 16.8 Å². The molecule has 7 heteroatoms. The first-order valence-electron chi connectivity index (χ1n) is 8.12. The zero-order valence-electron chi connectivity index (χ0n) is 13.5. The van der Waals surface area contributed by atoms with Crippen LogP contribution in [0.15, 0.2) is 5.38 Å². The van der Waals surface area contributed by atoms with Crippen LogP contribution >= 0.6 is 11.3 Å². The summed E-state index contributed by atoms with van der Waals surface area (Å²) in [6, 6.07) is 0. The predicted molar refractivity (Wildman–Crippen MR) is 92.1 cm³/mol. The number of rotatable bonds is 2. The third-order valence-electron chi connectivity index (χ3n) is 4.67. The number of hydrogen-bond donors (Lipinski definition) is 2. The van der Waals surface area contributed by atoms with Crippen LogP contribution in [0.4, 0.5) is 5.82 Å². The van der Waals surface area contributed by atoms with Crippen molar-refractivity contribution in [1.29, 1.82) is 0 Å². The minimum Gasteiger partial charge on any atom is -0.355 e. The van der Waals surface area contributed by atoms with Gasteiger partial charge in [-0.2, -0.15) is 0 Å². The van der Waals surface area contributed by atoms with Crippen LogP contribution in [0.2, 0.25) is 0 Å². The second kappa shape index (κ2) is 5.42. The van der Waals surface area contributed by atoms with E-state index < -0.39 is 0 Å². The van der Waals surface area contributed by atoms with E-state index in [9.17, 15) is 4.79 Å². The maximum absolute atomic E-state index is 11.9. The van der Waals surface area contributed by atoms with Gasteiger partial charge in [0, 0.05) is 39.0 Å². The summed E-state index contributed by atoms with van der Waals surface area (Å²) in [7, 11) is 0. The maximum atomic E-state index is 11.9. The second-order valence-electron chi connectivity index (χ2n) is 6.50. The SMILES string of the molecule is CCc1nc(N2CC3(CC(=O)NCCN3)C2)c2scc(C)c2n1. The van der Waals surface area contributed by atoms with Crippen LogP contribution in [0.25, 0.3) is 10.2 Å². The van der Waals surface area contributed by atoms with Gasteiger partial charge in [-0.25, -0.2) is 9.97 Å². The van der Waals surface area contributed by atoms with E-state index in [0.717, 1.165) is 47.9 Å². The van der Waals surface area contributed by atoms with E-state index in [1.165, 1.54) is 5.56 Å². The van der Waals surface area contributed by atoms with Crippen molar-refractivity contribution < 1.29 is 4.79 Å². The molecule has 2 N–H and O–H groups in total. The Labute approximate surface area is 139 Å². The Bertz CT molecular complexity index is 765. The molecule has 0 bridgehead atoms. The quantitative estimate of drug-likeness (QED) is 0.866. The highest BCUT2D eigenvalue weighted by molar-refractivity contribution is 7.18. The summed E-state index contributed by atoms with van der Waals surface area (Å²) in [5.74, 6) is 2.06. The molecule has 0 saturated carbocycles. The monoisotopic (exact) mass is 331 g/mol. The van der Waals surface area contributed by atoms with E-state index in [-0.39, 0.29) is 11.4 Å². The number of aryl methyl sites for hydroxylation is 2. The lowest BCUT2D eigenvalue weighted by Gasteiger charge is -2.50. The highest BCUT2D eigenvalue weighted by atomic mass is 32.1. The van der Waals surface area contributed by atoms with E-state index >= 15 is 0 Å². The molecule has 2 aromatic rings. The van der Waals surface area contributed by atoms with E-state index in [0.29, 0.717) is 13.0 Å². The average Bonchev–Trinajstić information content (AvgIpc) is 2.76. The molecule has 0 aliphatic carbocycles. The number of anilines is 1. The van der Waals surface area contributed by atoms with Crippen LogP contribution in [0.1, 0.15) is 24.7 Å². The molecule has 0 aromatic carbocycles. The zero-order chi connectivity index (χ0) is 16.0. The van der Waals surface area contributed by atoms with Crippen molar-refractivity contribution >= 4 is 33.3 Å². The molecule has 2 aromatic heterocycles. The van der Waals surface area contributed by atoms with Crippen molar-refractivity contribution in [2.24, 2.45) is 0 Å². The Hall–Kier alpha value is -1.73. The Morgan fingerprint density at radius 2 is 2.17 bits per heavy atom. The number of carbonyl (C=O) groups is 1. The first kappa shape index (κ1) is 14.8. The van der Waals surface area contributed by atoms with Gasteiger partial charge < -0.3 is 15.5 Å². The molecule has 6 nitrogen and oxygen atoms in total. The minimum atomic E-state index is -0.101. The molecule has 1 spiro atoms. The number of amides is 1. The van der Waals surface area contributed by atoms with Crippen molar-refractivity contribution in [2.75, 3.05) is 31.1 Å². The standard InChI is InChI=1S/C16H21N5OS/c1-3-11-19-13-10(2)7-23-14(13)15(20-11)21-8-16(9-21)6-12(22)17-4-5-18-16/h7,18H,3-6,8-9H2,1-2H3,(H,17,22). The fourth-order valence-electron chi connectivity index (χ4n) is 3.45. The first-order valence-corrected chi connectivity index (χ1v) is 8.99. The van der Waals surface area contributed by atoms with Gasteiger partial charge >= 0.3 is 0 Å². The maximum Gasteiger partial charge on any atom is 0.222 e. The molecule has 4 rings (SSSR count). The highest BCUT2D eigenvalue weighted by Gasteiger charge is 2.46. The fourth-order valence-corrected chi connectivity index (χ4v) is 4.46. The number of carbonyl (C=O) groups excluding carboxylic acids is 1. The highest BCUT2D eigenvalue weighted by Crippen LogP contribution is 2.37. The molecule has 0 atom stereocenters. The van der Waals surface area contributed by atoms with E-state index in [2.05, 4.69) is 39.7 Å². The van der Waals surface area contributed by atoms with Gasteiger partial charge in [0.1, 0.15) is 5.82 Å². The van der Waals surface area contributed by atoms with Crippen molar-refractivity contribution in [3.8, 4) is 0 Å². The fraction of sp³-hybridized carbons (Fsp3) is 0.562. The average molecular weight is 331 g/mol. The van der Waals surface area contributed by atoms with Crippen LogP contribution in [0.3, 0.4) is 0 Å². The topological polar surface area (TPSA) is 70.2 Å². The Morgan fingerprint density at radius 3 is 2.96 bits per heavy atom. The van der Waals surface area contributed by atoms with Gasteiger partial charge in [0.15, 0.2) is 5.82 Å². The van der Waals surface area contributed by atoms with Gasteiger partial charge in [-0.15, -0.1) is 11.3 Å². The van der Waals surface area contributed by atoms with E-state index in [1.807, 2.05) is 0 Å². The normalized spacial score (nSPS) is 20.4. The van der Waals surface area contributed by atoms with Gasteiger partial charge in [0.25, 0.3) is 0 Å². The number of aromatic nitrogens is 2. The molecule has 2 saturated heterocycles. The van der Waals surface area contributed by atoms with E-state index in [1.54, 1.807) is 11.3 Å². The Kier molecular flexibility index (Phi) is 3.50. The molecular weight excluding hydrogens is 310 g/mol. The van der Waals surface area contributed by atoms with Gasteiger partial charge in [0.05, 0.1) is 15.8 Å². The van der Waals surface area contributed by atoms with Crippen LogP contribution < -0.4 is 15.5 Å².